The van der Waals surface area contributed by atoms with Gasteiger partial charge in [0.15, 0.2) is 15.6 Å². The van der Waals surface area contributed by atoms with Crippen molar-refractivity contribution < 1.29 is 27.5 Å². The second-order valence-corrected chi connectivity index (χ2v) is 9.20. The summed E-state index contributed by atoms with van der Waals surface area (Å²) in [5.74, 6) is -0.514. The van der Waals surface area contributed by atoms with Crippen molar-refractivity contribution >= 4 is 27.4 Å². The second-order valence-electron chi connectivity index (χ2n) is 6.92. The standard InChI is InChI=1S/C18H24N2O6S/c1-4-27(23,24)14-5-6-15-16(7-14)26-18(22)11-19(15)10-17(21)20-8-12(2)25-13(3)9-20/h5-7,12-13H,4,8-11H2,1-3H3. The fraction of sp³-hybridized carbons (Fsp3) is 0.556. The number of rotatable bonds is 4. The molecule has 0 bridgehead atoms. The molecule has 3 rings (SSSR count). The van der Waals surface area contributed by atoms with E-state index < -0.39 is 15.8 Å². The summed E-state index contributed by atoms with van der Waals surface area (Å²) in [6, 6.07) is 4.41. The molecule has 0 aliphatic carbocycles. The number of esters is 1. The molecule has 2 heterocycles. The zero-order valence-electron chi connectivity index (χ0n) is 15.7. The van der Waals surface area contributed by atoms with Crippen LogP contribution in [0, 0.1) is 0 Å². The van der Waals surface area contributed by atoms with Crippen molar-refractivity contribution in [3.8, 4) is 5.75 Å². The molecule has 1 aromatic carbocycles. The van der Waals surface area contributed by atoms with E-state index in [9.17, 15) is 18.0 Å². The van der Waals surface area contributed by atoms with E-state index in [1.807, 2.05) is 13.8 Å². The van der Waals surface area contributed by atoms with Crippen LogP contribution in [0.1, 0.15) is 20.8 Å². The van der Waals surface area contributed by atoms with Crippen molar-refractivity contribution in [2.75, 3.05) is 36.8 Å². The highest BCUT2D eigenvalue weighted by atomic mass is 32.2. The van der Waals surface area contributed by atoms with Gasteiger partial charge in [0.1, 0.15) is 6.54 Å². The van der Waals surface area contributed by atoms with E-state index in [0.29, 0.717) is 18.8 Å². The molecule has 8 nitrogen and oxygen atoms in total. The first-order valence-electron chi connectivity index (χ1n) is 8.95. The summed E-state index contributed by atoms with van der Waals surface area (Å²) < 4.78 is 35.0. The van der Waals surface area contributed by atoms with Gasteiger partial charge in [0.2, 0.25) is 5.91 Å². The van der Waals surface area contributed by atoms with Crippen LogP contribution >= 0.6 is 0 Å². The summed E-state index contributed by atoms with van der Waals surface area (Å²) in [5, 5.41) is 0. The normalized spacial score (nSPS) is 23.0. The van der Waals surface area contributed by atoms with Crippen LogP contribution < -0.4 is 9.64 Å². The van der Waals surface area contributed by atoms with Crippen LogP contribution in [-0.2, 0) is 24.2 Å². The van der Waals surface area contributed by atoms with Gasteiger partial charge in [-0.05, 0) is 26.0 Å². The molecule has 27 heavy (non-hydrogen) atoms. The topological polar surface area (TPSA) is 93.2 Å². The molecular formula is C18H24N2O6S. The number of nitrogens with zero attached hydrogens (tertiary/aromatic N) is 2. The molecule has 2 aliphatic rings. The zero-order chi connectivity index (χ0) is 19.8. The fourth-order valence-electron chi connectivity index (χ4n) is 3.38. The van der Waals surface area contributed by atoms with Crippen molar-refractivity contribution in [1.82, 2.24) is 4.90 Å². The highest BCUT2D eigenvalue weighted by Crippen LogP contribution is 2.34. The van der Waals surface area contributed by atoms with Gasteiger partial charge in [-0.1, -0.05) is 6.92 Å². The first kappa shape index (κ1) is 19.6. The Hall–Kier alpha value is -2.13. The maximum Gasteiger partial charge on any atom is 0.331 e. The van der Waals surface area contributed by atoms with E-state index in [1.165, 1.54) is 12.1 Å². The summed E-state index contributed by atoms with van der Waals surface area (Å²) in [7, 11) is -3.42. The van der Waals surface area contributed by atoms with Crippen molar-refractivity contribution in [2.24, 2.45) is 0 Å². The number of carbonyl (C=O) groups is 2. The number of benzene rings is 1. The molecule has 2 aliphatic heterocycles. The Morgan fingerprint density at radius 1 is 1.22 bits per heavy atom. The van der Waals surface area contributed by atoms with Gasteiger partial charge < -0.3 is 19.3 Å². The van der Waals surface area contributed by atoms with Crippen LogP contribution in [0.5, 0.6) is 5.75 Å². The number of sulfone groups is 1. The second kappa shape index (κ2) is 7.47. The summed E-state index contributed by atoms with van der Waals surface area (Å²) in [5.41, 5.74) is 0.535. The Morgan fingerprint density at radius 2 is 1.89 bits per heavy atom. The van der Waals surface area contributed by atoms with E-state index in [-0.39, 0.29) is 47.6 Å². The van der Waals surface area contributed by atoms with Gasteiger partial charge in [0.05, 0.1) is 35.1 Å². The third-order valence-electron chi connectivity index (χ3n) is 4.65. The van der Waals surface area contributed by atoms with Crippen molar-refractivity contribution in [2.45, 2.75) is 37.9 Å². The van der Waals surface area contributed by atoms with Gasteiger partial charge in [0.25, 0.3) is 0 Å². The van der Waals surface area contributed by atoms with Crippen LogP contribution in [0.4, 0.5) is 5.69 Å². The fourth-order valence-corrected chi connectivity index (χ4v) is 4.27. The van der Waals surface area contributed by atoms with Gasteiger partial charge in [-0.15, -0.1) is 0 Å². The molecule has 148 valence electrons. The highest BCUT2D eigenvalue weighted by molar-refractivity contribution is 7.91. The molecule has 1 fully saturated rings. The molecule has 0 N–H and O–H groups in total. The van der Waals surface area contributed by atoms with Gasteiger partial charge >= 0.3 is 5.97 Å². The number of morpholine rings is 1. The van der Waals surface area contributed by atoms with Gasteiger partial charge in [-0.3, -0.25) is 4.79 Å². The number of fused-ring (bicyclic) bond motifs is 1. The predicted molar refractivity (Wildman–Crippen MR) is 98.6 cm³/mol. The average Bonchev–Trinajstić information content (AvgIpc) is 2.60. The van der Waals surface area contributed by atoms with Crippen LogP contribution in [-0.4, -0.2) is 69.3 Å². The molecule has 9 heteroatoms. The first-order chi connectivity index (χ1) is 12.7. The zero-order valence-corrected chi connectivity index (χ0v) is 16.5. The molecule has 2 unspecified atom stereocenters. The molecular weight excluding hydrogens is 372 g/mol. The number of amides is 1. The van der Waals surface area contributed by atoms with Gasteiger partial charge in [-0.2, -0.15) is 0 Å². The minimum absolute atomic E-state index is 0.0153. The van der Waals surface area contributed by atoms with Crippen LogP contribution in [0.2, 0.25) is 0 Å². The Labute approximate surface area is 158 Å². The van der Waals surface area contributed by atoms with Crippen molar-refractivity contribution in [1.29, 1.82) is 0 Å². The molecule has 0 saturated carbocycles. The van der Waals surface area contributed by atoms with Crippen LogP contribution in [0.25, 0.3) is 0 Å². The van der Waals surface area contributed by atoms with Crippen molar-refractivity contribution in [3.63, 3.8) is 0 Å². The number of anilines is 1. The molecule has 1 saturated heterocycles. The van der Waals surface area contributed by atoms with Gasteiger partial charge in [0, 0.05) is 19.2 Å². The molecule has 0 aromatic heterocycles. The van der Waals surface area contributed by atoms with E-state index >= 15 is 0 Å². The monoisotopic (exact) mass is 396 g/mol. The van der Waals surface area contributed by atoms with Gasteiger partial charge in [-0.25, -0.2) is 13.2 Å². The smallest absolute Gasteiger partial charge is 0.331 e. The molecule has 1 aromatic rings. The number of ether oxygens (including phenoxy) is 2. The lowest BCUT2D eigenvalue weighted by Gasteiger charge is -2.37. The predicted octanol–water partition coefficient (Wildman–Crippen LogP) is 0.841. The van der Waals surface area contributed by atoms with Crippen molar-refractivity contribution in [3.05, 3.63) is 18.2 Å². The highest BCUT2D eigenvalue weighted by Gasteiger charge is 2.31. The van der Waals surface area contributed by atoms with Crippen LogP contribution in [0.15, 0.2) is 23.1 Å². The first-order valence-corrected chi connectivity index (χ1v) is 10.6. The Bertz CT molecular complexity index is 843. The summed E-state index contributed by atoms with van der Waals surface area (Å²) >= 11 is 0. The van der Waals surface area contributed by atoms with Crippen LogP contribution in [0.3, 0.4) is 0 Å². The quantitative estimate of drug-likeness (QED) is 0.550. The largest absolute Gasteiger partial charge is 0.423 e. The lowest BCUT2D eigenvalue weighted by Crippen LogP contribution is -2.52. The summed E-state index contributed by atoms with van der Waals surface area (Å²) in [6.45, 7) is 6.34. The number of carbonyl (C=O) groups excluding carboxylic acids is 2. The van der Waals surface area contributed by atoms with E-state index in [1.54, 1.807) is 22.8 Å². The molecule has 0 spiro atoms. The Kier molecular flexibility index (Phi) is 5.43. The number of hydrogen-bond donors (Lipinski definition) is 0. The third kappa shape index (κ3) is 4.24. The minimum atomic E-state index is -3.42. The van der Waals surface area contributed by atoms with E-state index in [2.05, 4.69) is 0 Å². The lowest BCUT2D eigenvalue weighted by molar-refractivity contribution is -0.141. The lowest BCUT2D eigenvalue weighted by atomic mass is 10.2. The summed E-state index contributed by atoms with van der Waals surface area (Å²) in [4.78, 5) is 28.1. The molecule has 2 atom stereocenters. The SMILES string of the molecule is CCS(=O)(=O)c1ccc2c(c1)OC(=O)CN2CC(=O)N1CC(C)OC(C)C1. The Balaban J connectivity index is 1.82. The Morgan fingerprint density at radius 3 is 2.52 bits per heavy atom. The third-order valence-corrected chi connectivity index (χ3v) is 6.39. The molecule has 0 radical (unpaired) electrons. The maximum atomic E-state index is 12.7. The number of hydrogen-bond acceptors (Lipinski definition) is 7. The summed E-state index contributed by atoms with van der Waals surface area (Å²) in [6.07, 6.45) is -0.0868. The van der Waals surface area contributed by atoms with E-state index in [4.69, 9.17) is 9.47 Å². The molecule has 1 amide bonds. The minimum Gasteiger partial charge on any atom is -0.423 e. The van der Waals surface area contributed by atoms with E-state index in [0.717, 1.165) is 0 Å². The maximum absolute atomic E-state index is 12.7. The average molecular weight is 396 g/mol.